The lowest BCUT2D eigenvalue weighted by atomic mass is 9.75. The third-order valence-electron chi connectivity index (χ3n) is 6.49. The molecule has 2 aliphatic heterocycles. The summed E-state index contributed by atoms with van der Waals surface area (Å²) in [5.74, 6) is -0.369. The van der Waals surface area contributed by atoms with Crippen molar-refractivity contribution >= 4 is 17.7 Å². The van der Waals surface area contributed by atoms with Crippen LogP contribution in [0.15, 0.2) is 54.6 Å². The first-order valence-corrected chi connectivity index (χ1v) is 11.3. The maximum absolute atomic E-state index is 12.6. The van der Waals surface area contributed by atoms with Crippen molar-refractivity contribution < 1.29 is 19.1 Å². The lowest BCUT2D eigenvalue weighted by Crippen LogP contribution is -2.41. The Bertz CT molecular complexity index is 967. The van der Waals surface area contributed by atoms with E-state index in [0.29, 0.717) is 29.5 Å². The topological polar surface area (TPSA) is 75.7 Å². The van der Waals surface area contributed by atoms with Gasteiger partial charge in [0, 0.05) is 13.2 Å². The van der Waals surface area contributed by atoms with Crippen molar-refractivity contribution in [1.29, 1.82) is 0 Å². The minimum Gasteiger partial charge on any atom is -0.376 e. The monoisotopic (exact) mass is 434 g/mol. The number of carbonyl (C=O) groups is 3. The van der Waals surface area contributed by atoms with Crippen LogP contribution in [0.25, 0.3) is 0 Å². The predicted octanol–water partition coefficient (Wildman–Crippen LogP) is 3.78. The summed E-state index contributed by atoms with van der Waals surface area (Å²) in [6.45, 7) is 5.23. The molecular formula is C26H30N2O4. The first-order chi connectivity index (χ1) is 15.4. The number of nitrogens with one attached hydrogen (secondary N) is 1. The molecule has 1 fully saturated rings. The largest absolute Gasteiger partial charge is 0.376 e. The number of amides is 3. The fourth-order valence-electron chi connectivity index (χ4n) is 4.95. The molecule has 2 heterocycles. The molecule has 2 aromatic carbocycles. The zero-order valence-electron chi connectivity index (χ0n) is 18.7. The van der Waals surface area contributed by atoms with E-state index in [4.69, 9.17) is 4.74 Å². The van der Waals surface area contributed by atoms with E-state index < -0.39 is 11.8 Å². The van der Waals surface area contributed by atoms with Crippen molar-refractivity contribution in [2.45, 2.75) is 44.6 Å². The Morgan fingerprint density at radius 1 is 1.06 bits per heavy atom. The number of rotatable bonds is 7. The summed E-state index contributed by atoms with van der Waals surface area (Å²) in [7, 11) is 0. The third-order valence-corrected chi connectivity index (χ3v) is 6.49. The quantitative estimate of drug-likeness (QED) is 0.673. The fraction of sp³-hybridized carbons (Fsp3) is 0.423. The molecule has 2 aromatic rings. The van der Waals surface area contributed by atoms with Gasteiger partial charge in [-0.2, -0.15) is 0 Å². The second-order valence-electron chi connectivity index (χ2n) is 9.26. The molecule has 2 unspecified atom stereocenters. The van der Waals surface area contributed by atoms with Crippen molar-refractivity contribution in [1.82, 2.24) is 10.2 Å². The lowest BCUT2D eigenvalue weighted by molar-refractivity contribution is -0.121. The van der Waals surface area contributed by atoms with Gasteiger partial charge in [-0.1, -0.05) is 42.5 Å². The Labute approximate surface area is 188 Å². The Balaban J connectivity index is 1.36. The van der Waals surface area contributed by atoms with Crippen LogP contribution in [0.4, 0.5) is 0 Å². The molecule has 3 amide bonds. The van der Waals surface area contributed by atoms with Crippen LogP contribution in [0, 0.1) is 5.92 Å². The average molecular weight is 435 g/mol. The Hall–Kier alpha value is -2.99. The van der Waals surface area contributed by atoms with E-state index in [0.717, 1.165) is 30.8 Å². The zero-order chi connectivity index (χ0) is 22.7. The Morgan fingerprint density at radius 2 is 1.69 bits per heavy atom. The molecular weight excluding hydrogens is 404 g/mol. The highest BCUT2D eigenvalue weighted by Gasteiger charge is 2.37. The van der Waals surface area contributed by atoms with E-state index in [1.807, 2.05) is 18.2 Å². The molecule has 0 saturated carbocycles. The molecule has 0 aromatic heterocycles. The number of ether oxygens (including phenoxy) is 1. The van der Waals surface area contributed by atoms with Gasteiger partial charge in [-0.05, 0) is 62.6 Å². The van der Waals surface area contributed by atoms with Gasteiger partial charge in [0.05, 0.1) is 16.7 Å². The normalized spacial score (nSPS) is 20.7. The summed E-state index contributed by atoms with van der Waals surface area (Å²) < 4.78 is 5.91. The molecule has 0 aliphatic carbocycles. The van der Waals surface area contributed by atoms with E-state index in [9.17, 15) is 14.4 Å². The summed E-state index contributed by atoms with van der Waals surface area (Å²) >= 11 is 0. The molecule has 32 heavy (non-hydrogen) atoms. The minimum atomic E-state index is -0.410. The van der Waals surface area contributed by atoms with Crippen LogP contribution in [-0.2, 0) is 9.53 Å². The third kappa shape index (κ3) is 4.75. The van der Waals surface area contributed by atoms with E-state index in [2.05, 4.69) is 31.3 Å². The van der Waals surface area contributed by atoms with Crippen molar-refractivity contribution in [3.63, 3.8) is 0 Å². The molecule has 0 bridgehead atoms. The first-order valence-electron chi connectivity index (χ1n) is 11.3. The van der Waals surface area contributed by atoms with E-state index >= 15 is 0 Å². The number of benzene rings is 2. The summed E-state index contributed by atoms with van der Waals surface area (Å²) in [6.07, 6.45) is 2.75. The van der Waals surface area contributed by atoms with Crippen LogP contribution in [0.2, 0.25) is 0 Å². The van der Waals surface area contributed by atoms with E-state index in [1.54, 1.807) is 24.3 Å². The summed E-state index contributed by atoms with van der Waals surface area (Å²) in [5.41, 5.74) is 1.84. The Kier molecular flexibility index (Phi) is 6.42. The molecule has 168 valence electrons. The molecule has 0 spiro atoms. The van der Waals surface area contributed by atoms with Gasteiger partial charge in [-0.15, -0.1) is 0 Å². The number of carbonyl (C=O) groups excluding carboxylic acids is 3. The first kappa shape index (κ1) is 22.2. The number of hydrogen-bond donors (Lipinski definition) is 1. The van der Waals surface area contributed by atoms with Crippen LogP contribution in [0.1, 0.15) is 65.3 Å². The van der Waals surface area contributed by atoms with Gasteiger partial charge >= 0.3 is 0 Å². The van der Waals surface area contributed by atoms with Crippen LogP contribution in [0.5, 0.6) is 0 Å². The van der Waals surface area contributed by atoms with Crippen LogP contribution >= 0.6 is 0 Å². The second kappa shape index (κ2) is 9.25. The molecule has 1 saturated heterocycles. The van der Waals surface area contributed by atoms with Crippen molar-refractivity contribution in [3.05, 3.63) is 71.3 Å². The zero-order valence-corrected chi connectivity index (χ0v) is 18.7. The summed E-state index contributed by atoms with van der Waals surface area (Å²) in [6, 6.07) is 17.1. The van der Waals surface area contributed by atoms with Gasteiger partial charge in [0.25, 0.3) is 11.8 Å². The SMILES string of the molecule is CC1(C)CC(C(CCNC(=O)CN2C(=O)c3ccccc3C2=O)c2ccccc2)CCO1. The molecule has 0 radical (unpaired) electrons. The highest BCUT2D eigenvalue weighted by Crippen LogP contribution is 2.39. The molecule has 2 aliphatic rings. The second-order valence-corrected chi connectivity index (χ2v) is 9.26. The van der Waals surface area contributed by atoms with Crippen LogP contribution in [-0.4, -0.2) is 47.9 Å². The number of imide groups is 1. The molecule has 6 heteroatoms. The molecule has 4 rings (SSSR count). The van der Waals surface area contributed by atoms with Crippen LogP contribution in [0.3, 0.4) is 0 Å². The van der Waals surface area contributed by atoms with Gasteiger partial charge in [0.2, 0.25) is 5.91 Å². The average Bonchev–Trinajstić information content (AvgIpc) is 3.02. The lowest BCUT2D eigenvalue weighted by Gasteiger charge is -2.39. The number of hydrogen-bond acceptors (Lipinski definition) is 4. The highest BCUT2D eigenvalue weighted by atomic mass is 16.5. The standard InChI is InChI=1S/C26H30N2O4/c1-26(2)16-19(13-15-32-26)20(18-8-4-3-5-9-18)12-14-27-23(29)17-28-24(30)21-10-6-7-11-22(21)25(28)31/h3-11,19-20H,12-17H2,1-2H3,(H,27,29). The van der Waals surface area contributed by atoms with Gasteiger partial charge in [0.1, 0.15) is 6.54 Å². The molecule has 2 atom stereocenters. The van der Waals surface area contributed by atoms with Crippen LogP contribution < -0.4 is 5.32 Å². The molecule has 6 nitrogen and oxygen atoms in total. The van der Waals surface area contributed by atoms with E-state index in [1.165, 1.54) is 5.56 Å². The fourth-order valence-corrected chi connectivity index (χ4v) is 4.95. The summed E-state index contributed by atoms with van der Waals surface area (Å²) in [4.78, 5) is 38.6. The van der Waals surface area contributed by atoms with Crippen molar-refractivity contribution in [2.24, 2.45) is 5.92 Å². The van der Waals surface area contributed by atoms with E-state index in [-0.39, 0.29) is 18.1 Å². The summed E-state index contributed by atoms with van der Waals surface area (Å²) in [5, 5.41) is 2.92. The van der Waals surface area contributed by atoms with Gasteiger partial charge < -0.3 is 10.1 Å². The van der Waals surface area contributed by atoms with Crippen molar-refractivity contribution in [2.75, 3.05) is 19.7 Å². The number of nitrogens with zero attached hydrogens (tertiary/aromatic N) is 1. The van der Waals surface area contributed by atoms with Gasteiger partial charge in [-0.25, -0.2) is 0 Å². The highest BCUT2D eigenvalue weighted by molar-refractivity contribution is 6.22. The maximum atomic E-state index is 12.6. The van der Waals surface area contributed by atoms with Gasteiger partial charge in [0.15, 0.2) is 0 Å². The maximum Gasteiger partial charge on any atom is 0.262 e. The minimum absolute atomic E-state index is 0.148. The predicted molar refractivity (Wildman–Crippen MR) is 121 cm³/mol. The Morgan fingerprint density at radius 3 is 2.31 bits per heavy atom. The molecule has 1 N–H and O–H groups in total. The van der Waals surface area contributed by atoms with Gasteiger partial charge in [-0.3, -0.25) is 19.3 Å². The smallest absolute Gasteiger partial charge is 0.262 e. The van der Waals surface area contributed by atoms with Crippen molar-refractivity contribution in [3.8, 4) is 0 Å². The number of fused-ring (bicyclic) bond motifs is 1.